The number of nitro benzene ring substituents is 1. The van der Waals surface area contributed by atoms with E-state index in [9.17, 15) is 10.1 Å². The fraction of sp³-hybridized carbons (Fsp3) is 0.455. The number of benzene rings is 1. The van der Waals surface area contributed by atoms with Gasteiger partial charge >= 0.3 is 5.69 Å². The number of hydrogen-bond acceptors (Lipinski definition) is 4. The SMILES string of the molecule is O=[N+]([O-])c1cc(Cl)ccc1O[C@H]1CCCNC1. The Hall–Kier alpha value is -1.33. The molecule has 1 saturated heterocycles. The number of halogens is 1. The van der Waals surface area contributed by atoms with Gasteiger partial charge in [-0.25, -0.2) is 0 Å². The molecule has 6 heteroatoms. The number of piperidine rings is 1. The zero-order valence-corrected chi connectivity index (χ0v) is 9.94. The van der Waals surface area contributed by atoms with Crippen molar-refractivity contribution in [3.8, 4) is 5.75 Å². The van der Waals surface area contributed by atoms with E-state index in [1.807, 2.05) is 0 Å². The average Bonchev–Trinajstić information content (AvgIpc) is 2.32. The summed E-state index contributed by atoms with van der Waals surface area (Å²) in [7, 11) is 0. The van der Waals surface area contributed by atoms with Crippen LogP contribution in [0.1, 0.15) is 12.8 Å². The molecule has 0 radical (unpaired) electrons. The van der Waals surface area contributed by atoms with Gasteiger partial charge in [0.15, 0.2) is 5.75 Å². The van der Waals surface area contributed by atoms with Crippen molar-refractivity contribution in [3.63, 3.8) is 0 Å². The zero-order chi connectivity index (χ0) is 12.3. The van der Waals surface area contributed by atoms with Gasteiger partial charge in [0, 0.05) is 17.6 Å². The van der Waals surface area contributed by atoms with Gasteiger partial charge in [-0.3, -0.25) is 10.1 Å². The molecule has 0 bridgehead atoms. The van der Waals surface area contributed by atoms with E-state index in [-0.39, 0.29) is 17.5 Å². The van der Waals surface area contributed by atoms with Crippen molar-refractivity contribution in [2.75, 3.05) is 13.1 Å². The molecule has 5 nitrogen and oxygen atoms in total. The van der Waals surface area contributed by atoms with Crippen LogP contribution in [0.2, 0.25) is 5.02 Å². The highest BCUT2D eigenvalue weighted by Crippen LogP contribution is 2.31. The topological polar surface area (TPSA) is 64.4 Å². The van der Waals surface area contributed by atoms with Crippen LogP contribution in [0.3, 0.4) is 0 Å². The molecule has 1 fully saturated rings. The molecule has 0 amide bonds. The molecule has 1 aliphatic heterocycles. The first-order valence-corrected chi connectivity index (χ1v) is 5.86. The quantitative estimate of drug-likeness (QED) is 0.666. The third-order valence-electron chi connectivity index (χ3n) is 2.66. The number of nitrogens with one attached hydrogen (secondary N) is 1. The summed E-state index contributed by atoms with van der Waals surface area (Å²) in [6.45, 7) is 1.70. The summed E-state index contributed by atoms with van der Waals surface area (Å²) in [5.41, 5.74) is -0.0805. The second-order valence-corrected chi connectivity index (χ2v) is 4.39. The van der Waals surface area contributed by atoms with Crippen molar-refractivity contribution in [1.82, 2.24) is 5.32 Å². The third-order valence-corrected chi connectivity index (χ3v) is 2.90. The number of nitrogens with zero attached hydrogens (tertiary/aromatic N) is 1. The van der Waals surface area contributed by atoms with Gasteiger partial charge < -0.3 is 10.1 Å². The van der Waals surface area contributed by atoms with E-state index < -0.39 is 4.92 Å². The lowest BCUT2D eigenvalue weighted by Gasteiger charge is -2.23. The summed E-state index contributed by atoms with van der Waals surface area (Å²) in [5.74, 6) is 0.285. The van der Waals surface area contributed by atoms with Crippen LogP contribution in [0.25, 0.3) is 0 Å². The van der Waals surface area contributed by atoms with Crippen LogP contribution < -0.4 is 10.1 Å². The number of nitro groups is 1. The Balaban J connectivity index is 2.16. The van der Waals surface area contributed by atoms with Crippen molar-refractivity contribution in [1.29, 1.82) is 0 Å². The minimum Gasteiger partial charge on any atom is -0.482 e. The Morgan fingerprint density at radius 2 is 2.35 bits per heavy atom. The van der Waals surface area contributed by atoms with Gasteiger partial charge in [0.1, 0.15) is 6.10 Å². The first-order valence-electron chi connectivity index (χ1n) is 5.48. The maximum absolute atomic E-state index is 10.9. The minimum absolute atomic E-state index is 0.0105. The van der Waals surface area contributed by atoms with Crippen LogP contribution in [0.15, 0.2) is 18.2 Å². The van der Waals surface area contributed by atoms with Crippen molar-refractivity contribution < 1.29 is 9.66 Å². The molecule has 1 N–H and O–H groups in total. The Labute approximate surface area is 104 Å². The Morgan fingerprint density at radius 3 is 3.00 bits per heavy atom. The molecular formula is C11H13ClN2O3. The first kappa shape index (κ1) is 12.1. The molecule has 0 unspecified atom stereocenters. The molecule has 0 saturated carbocycles. The van der Waals surface area contributed by atoms with E-state index in [2.05, 4.69) is 5.32 Å². The number of rotatable bonds is 3. The van der Waals surface area contributed by atoms with Gasteiger partial charge in [-0.2, -0.15) is 0 Å². The highest BCUT2D eigenvalue weighted by Gasteiger charge is 2.21. The molecule has 92 valence electrons. The summed E-state index contributed by atoms with van der Waals surface area (Å²) >= 11 is 5.73. The van der Waals surface area contributed by atoms with E-state index in [0.717, 1.165) is 25.9 Å². The van der Waals surface area contributed by atoms with Gasteiger partial charge in [0.25, 0.3) is 0 Å². The first-order chi connectivity index (χ1) is 8.16. The highest BCUT2D eigenvalue weighted by atomic mass is 35.5. The number of ether oxygens (including phenoxy) is 1. The second-order valence-electron chi connectivity index (χ2n) is 3.96. The second kappa shape index (κ2) is 5.33. The van der Waals surface area contributed by atoms with E-state index >= 15 is 0 Å². The fourth-order valence-electron chi connectivity index (χ4n) is 1.83. The zero-order valence-electron chi connectivity index (χ0n) is 9.19. The molecule has 1 aliphatic rings. The lowest BCUT2D eigenvalue weighted by molar-refractivity contribution is -0.386. The van der Waals surface area contributed by atoms with E-state index in [1.165, 1.54) is 6.07 Å². The van der Waals surface area contributed by atoms with Crippen LogP contribution in [0.5, 0.6) is 5.75 Å². The van der Waals surface area contributed by atoms with Crippen LogP contribution in [0, 0.1) is 10.1 Å². The van der Waals surface area contributed by atoms with E-state index in [0.29, 0.717) is 5.02 Å². The Morgan fingerprint density at radius 1 is 1.53 bits per heavy atom. The fourth-order valence-corrected chi connectivity index (χ4v) is 2.00. The van der Waals surface area contributed by atoms with Gasteiger partial charge in [-0.15, -0.1) is 0 Å². The summed E-state index contributed by atoms with van der Waals surface area (Å²) in [4.78, 5) is 10.4. The van der Waals surface area contributed by atoms with E-state index in [1.54, 1.807) is 12.1 Å². The predicted octanol–water partition coefficient (Wildman–Crippen LogP) is 2.38. The standard InChI is InChI=1S/C11H13ClN2O3/c12-8-3-4-11(10(6-8)14(15)16)17-9-2-1-5-13-7-9/h3-4,6,9,13H,1-2,5,7H2/t9-/m0/s1. The van der Waals surface area contributed by atoms with Gasteiger partial charge in [0.2, 0.25) is 0 Å². The lowest BCUT2D eigenvalue weighted by atomic mass is 10.1. The normalized spacial score (nSPS) is 19.9. The van der Waals surface area contributed by atoms with Crippen molar-refractivity contribution in [2.45, 2.75) is 18.9 Å². The minimum atomic E-state index is -0.475. The van der Waals surface area contributed by atoms with Gasteiger partial charge in [-0.05, 0) is 31.5 Å². The van der Waals surface area contributed by atoms with Crippen molar-refractivity contribution in [2.24, 2.45) is 0 Å². The summed E-state index contributed by atoms with van der Waals surface area (Å²) < 4.78 is 5.64. The molecule has 17 heavy (non-hydrogen) atoms. The highest BCUT2D eigenvalue weighted by molar-refractivity contribution is 6.30. The molecule has 1 aromatic rings. The summed E-state index contributed by atoms with van der Waals surface area (Å²) in [5, 5.41) is 14.4. The van der Waals surface area contributed by atoms with Crippen LogP contribution in [-0.2, 0) is 0 Å². The molecule has 1 heterocycles. The molecular weight excluding hydrogens is 244 g/mol. The molecule has 1 atom stereocenters. The summed E-state index contributed by atoms with van der Waals surface area (Å²) in [6.07, 6.45) is 1.92. The molecule has 2 rings (SSSR count). The van der Waals surface area contributed by atoms with Crippen LogP contribution >= 0.6 is 11.6 Å². The largest absolute Gasteiger partial charge is 0.482 e. The van der Waals surface area contributed by atoms with Crippen LogP contribution in [-0.4, -0.2) is 24.1 Å². The smallest absolute Gasteiger partial charge is 0.312 e. The monoisotopic (exact) mass is 256 g/mol. The number of hydrogen-bond donors (Lipinski definition) is 1. The Kier molecular flexibility index (Phi) is 3.81. The third kappa shape index (κ3) is 3.08. The molecule has 0 aromatic heterocycles. The molecule has 1 aromatic carbocycles. The van der Waals surface area contributed by atoms with Gasteiger partial charge in [0.05, 0.1) is 4.92 Å². The molecule has 0 spiro atoms. The Bertz CT molecular complexity index is 419. The maximum atomic E-state index is 10.9. The predicted molar refractivity (Wildman–Crippen MR) is 64.6 cm³/mol. The van der Waals surface area contributed by atoms with Crippen molar-refractivity contribution in [3.05, 3.63) is 33.3 Å². The summed E-state index contributed by atoms with van der Waals surface area (Å²) in [6, 6.07) is 4.46. The van der Waals surface area contributed by atoms with E-state index in [4.69, 9.17) is 16.3 Å². The maximum Gasteiger partial charge on any atom is 0.312 e. The van der Waals surface area contributed by atoms with Crippen molar-refractivity contribution >= 4 is 17.3 Å². The lowest BCUT2D eigenvalue weighted by Crippen LogP contribution is -2.37. The van der Waals surface area contributed by atoms with Crippen LogP contribution in [0.4, 0.5) is 5.69 Å². The van der Waals surface area contributed by atoms with Gasteiger partial charge in [-0.1, -0.05) is 11.6 Å². The average molecular weight is 257 g/mol. The molecule has 0 aliphatic carbocycles.